The van der Waals surface area contributed by atoms with E-state index in [1.54, 1.807) is 13.3 Å². The minimum Gasteiger partial charge on any atom is -0.497 e. The van der Waals surface area contributed by atoms with E-state index in [4.69, 9.17) is 16.3 Å². The molecular formula is C28H34ClN3O4S. The van der Waals surface area contributed by atoms with Crippen molar-refractivity contribution in [2.45, 2.75) is 43.6 Å². The number of carbonyl (C=O) groups is 1. The highest BCUT2D eigenvalue weighted by atomic mass is 35.5. The standard InChI is InChI=1S/C28H34ClN3O4S/c1-19-4-3-5-21(16-19)37-15-14-32-12-10-28(11-13-32,27(34)31-35)9-8-25(33)26-22-17-20(36-2)6-7-24(22)30-18-23(26)29/h3-7,16-18,25,33,35H,8-15H2,1-2H3,(H,31,34). The van der Waals surface area contributed by atoms with Crippen molar-refractivity contribution in [3.63, 3.8) is 0 Å². The Hall–Kier alpha value is -2.36. The maximum Gasteiger partial charge on any atom is 0.249 e. The number of likely N-dealkylation sites (tertiary alicyclic amines) is 1. The molecule has 0 saturated carbocycles. The minimum absolute atomic E-state index is 0.326. The number of fused-ring (bicyclic) bond motifs is 1. The summed E-state index contributed by atoms with van der Waals surface area (Å²) in [7, 11) is 1.58. The van der Waals surface area contributed by atoms with Crippen LogP contribution in [0.4, 0.5) is 0 Å². The molecule has 1 aliphatic rings. The Balaban J connectivity index is 1.40. The first kappa shape index (κ1) is 27.7. The number of aromatic nitrogens is 1. The number of carbonyl (C=O) groups excluding carboxylic acids is 1. The van der Waals surface area contributed by atoms with Crippen molar-refractivity contribution in [3.05, 3.63) is 64.8 Å². The molecule has 1 amide bonds. The molecule has 0 aliphatic carbocycles. The monoisotopic (exact) mass is 543 g/mol. The van der Waals surface area contributed by atoms with Gasteiger partial charge >= 0.3 is 0 Å². The molecule has 1 aliphatic heterocycles. The number of aliphatic hydroxyl groups excluding tert-OH is 1. The second kappa shape index (κ2) is 12.5. The molecule has 0 spiro atoms. The molecule has 4 rings (SSSR count). The third kappa shape index (κ3) is 6.56. The Morgan fingerprint density at radius 3 is 2.76 bits per heavy atom. The van der Waals surface area contributed by atoms with Crippen molar-refractivity contribution < 1.29 is 19.8 Å². The van der Waals surface area contributed by atoms with Gasteiger partial charge in [0, 0.05) is 34.3 Å². The first-order valence-corrected chi connectivity index (χ1v) is 13.9. The maximum absolute atomic E-state index is 12.8. The number of hydrogen-bond donors (Lipinski definition) is 3. The molecule has 3 aromatic rings. The number of nitrogens with zero attached hydrogens (tertiary/aromatic N) is 2. The highest BCUT2D eigenvalue weighted by Crippen LogP contribution is 2.41. The summed E-state index contributed by atoms with van der Waals surface area (Å²) in [6, 6.07) is 14.0. The molecule has 1 aromatic heterocycles. The van der Waals surface area contributed by atoms with Gasteiger partial charge < -0.3 is 14.7 Å². The number of piperidine rings is 1. The maximum atomic E-state index is 12.8. The fourth-order valence-corrected chi connectivity index (χ4v) is 6.41. The first-order valence-electron chi connectivity index (χ1n) is 12.5. The van der Waals surface area contributed by atoms with Crippen molar-refractivity contribution in [1.82, 2.24) is 15.4 Å². The fourth-order valence-electron chi connectivity index (χ4n) is 5.10. The van der Waals surface area contributed by atoms with Gasteiger partial charge in [-0.2, -0.15) is 0 Å². The number of amides is 1. The van der Waals surface area contributed by atoms with Crippen LogP contribution in [0.1, 0.15) is 42.9 Å². The van der Waals surface area contributed by atoms with Crippen molar-refractivity contribution >= 4 is 40.2 Å². The number of pyridine rings is 1. The van der Waals surface area contributed by atoms with E-state index in [9.17, 15) is 15.1 Å². The molecular weight excluding hydrogens is 510 g/mol. The summed E-state index contributed by atoms with van der Waals surface area (Å²) in [5.74, 6) is 1.23. The van der Waals surface area contributed by atoms with E-state index in [0.29, 0.717) is 47.5 Å². The van der Waals surface area contributed by atoms with Crippen molar-refractivity contribution in [2.75, 3.05) is 32.5 Å². The number of thioether (sulfide) groups is 1. The zero-order valence-corrected chi connectivity index (χ0v) is 22.8. The Morgan fingerprint density at radius 1 is 1.27 bits per heavy atom. The average molecular weight is 544 g/mol. The van der Waals surface area contributed by atoms with Gasteiger partial charge in [-0.25, -0.2) is 5.48 Å². The van der Waals surface area contributed by atoms with Crippen LogP contribution < -0.4 is 10.2 Å². The Bertz CT molecular complexity index is 1230. The average Bonchev–Trinajstić information content (AvgIpc) is 2.91. The second-order valence-electron chi connectivity index (χ2n) is 9.69. The van der Waals surface area contributed by atoms with Crippen molar-refractivity contribution in [1.29, 1.82) is 0 Å². The van der Waals surface area contributed by atoms with E-state index in [0.717, 1.165) is 30.8 Å². The normalized spacial score (nSPS) is 16.5. The molecule has 1 unspecified atom stereocenters. The molecule has 1 fully saturated rings. The summed E-state index contributed by atoms with van der Waals surface area (Å²) in [6.07, 6.45) is 2.62. The molecule has 9 heteroatoms. The van der Waals surface area contributed by atoms with Crippen LogP contribution in [0.25, 0.3) is 10.9 Å². The van der Waals surface area contributed by atoms with Crippen LogP contribution in [-0.4, -0.2) is 58.6 Å². The molecule has 1 saturated heterocycles. The predicted octanol–water partition coefficient (Wildman–Crippen LogP) is 5.40. The number of hydroxylamine groups is 1. The number of hydrogen-bond acceptors (Lipinski definition) is 7. The van der Waals surface area contributed by atoms with Gasteiger partial charge in [0.05, 0.1) is 29.2 Å². The summed E-state index contributed by atoms with van der Waals surface area (Å²) < 4.78 is 5.34. The molecule has 7 nitrogen and oxygen atoms in total. The van der Waals surface area contributed by atoms with E-state index in [-0.39, 0.29) is 5.91 Å². The Morgan fingerprint density at radius 2 is 2.05 bits per heavy atom. The van der Waals surface area contributed by atoms with Crippen molar-refractivity contribution in [2.24, 2.45) is 5.41 Å². The van der Waals surface area contributed by atoms with Gasteiger partial charge in [-0.1, -0.05) is 29.3 Å². The summed E-state index contributed by atoms with van der Waals surface area (Å²) in [5.41, 5.74) is 3.68. The third-order valence-electron chi connectivity index (χ3n) is 7.36. The van der Waals surface area contributed by atoms with Gasteiger partial charge in [-0.15, -0.1) is 11.8 Å². The van der Waals surface area contributed by atoms with E-state index < -0.39 is 11.5 Å². The van der Waals surface area contributed by atoms with Crippen LogP contribution in [0.3, 0.4) is 0 Å². The molecule has 2 heterocycles. The molecule has 1 atom stereocenters. The lowest BCUT2D eigenvalue weighted by Crippen LogP contribution is -2.48. The number of benzene rings is 2. The number of methoxy groups -OCH3 is 1. The highest BCUT2D eigenvalue weighted by molar-refractivity contribution is 7.99. The van der Waals surface area contributed by atoms with Gasteiger partial charge in [0.2, 0.25) is 5.91 Å². The van der Waals surface area contributed by atoms with Gasteiger partial charge in [0.25, 0.3) is 0 Å². The van der Waals surface area contributed by atoms with Crippen LogP contribution >= 0.6 is 23.4 Å². The number of halogens is 1. The summed E-state index contributed by atoms with van der Waals surface area (Å²) in [4.78, 5) is 20.8. The van der Waals surface area contributed by atoms with E-state index >= 15 is 0 Å². The number of aryl methyl sites for hydroxylation is 1. The minimum atomic E-state index is -0.891. The predicted molar refractivity (Wildman–Crippen MR) is 147 cm³/mol. The number of nitrogens with one attached hydrogen (secondary N) is 1. The number of rotatable bonds is 10. The third-order valence-corrected chi connectivity index (χ3v) is 8.64. The SMILES string of the molecule is COc1ccc2ncc(Cl)c(C(O)CCC3(C(=O)NO)CCN(CCSc4cccc(C)c4)CC3)c2c1. The number of ether oxygens (including phenoxy) is 1. The highest BCUT2D eigenvalue weighted by Gasteiger charge is 2.41. The topological polar surface area (TPSA) is 94.9 Å². The second-order valence-corrected chi connectivity index (χ2v) is 11.3. The molecule has 2 aromatic carbocycles. The van der Waals surface area contributed by atoms with Gasteiger partial charge in [-0.05, 0) is 76.0 Å². The molecule has 0 radical (unpaired) electrons. The molecule has 0 bridgehead atoms. The Labute approximate surface area is 227 Å². The van der Waals surface area contributed by atoms with Gasteiger partial charge in [0.15, 0.2) is 0 Å². The lowest BCUT2D eigenvalue weighted by Gasteiger charge is -2.40. The lowest BCUT2D eigenvalue weighted by molar-refractivity contribution is -0.143. The zero-order valence-electron chi connectivity index (χ0n) is 21.2. The molecule has 37 heavy (non-hydrogen) atoms. The smallest absolute Gasteiger partial charge is 0.249 e. The van der Waals surface area contributed by atoms with Gasteiger partial charge in [0.1, 0.15) is 5.75 Å². The van der Waals surface area contributed by atoms with Crippen LogP contribution in [0.5, 0.6) is 5.75 Å². The van der Waals surface area contributed by atoms with Gasteiger partial charge in [-0.3, -0.25) is 15.0 Å². The largest absolute Gasteiger partial charge is 0.497 e. The van der Waals surface area contributed by atoms with Crippen LogP contribution in [-0.2, 0) is 4.79 Å². The molecule has 198 valence electrons. The summed E-state index contributed by atoms with van der Waals surface area (Å²) in [5, 5.41) is 21.8. The Kier molecular flexibility index (Phi) is 9.31. The first-order chi connectivity index (χ1) is 17.8. The molecule has 3 N–H and O–H groups in total. The number of aliphatic hydroxyl groups is 1. The van der Waals surface area contributed by atoms with E-state index in [2.05, 4.69) is 41.1 Å². The fraction of sp³-hybridized carbons (Fsp3) is 0.429. The van der Waals surface area contributed by atoms with Crippen molar-refractivity contribution in [3.8, 4) is 5.75 Å². The summed E-state index contributed by atoms with van der Waals surface area (Å²) >= 11 is 8.30. The van der Waals surface area contributed by atoms with Crippen LogP contribution in [0, 0.1) is 12.3 Å². The lowest BCUT2D eigenvalue weighted by atomic mass is 9.73. The zero-order chi connectivity index (χ0) is 26.4. The van der Waals surface area contributed by atoms with E-state index in [1.165, 1.54) is 10.5 Å². The van der Waals surface area contributed by atoms with Crippen LogP contribution in [0.2, 0.25) is 5.02 Å². The quantitative estimate of drug-likeness (QED) is 0.179. The van der Waals surface area contributed by atoms with E-state index in [1.807, 2.05) is 35.4 Å². The van der Waals surface area contributed by atoms with Crippen LogP contribution in [0.15, 0.2) is 53.6 Å². The summed E-state index contributed by atoms with van der Waals surface area (Å²) in [6.45, 7) is 4.54.